The maximum atomic E-state index is 13.4. The van der Waals surface area contributed by atoms with Crippen LogP contribution in [-0.2, 0) is 33.8 Å². The smallest absolute Gasteiger partial charge is 0.326 e. The molecular weight excluding hydrogens is 607 g/mol. The molecule has 0 fully saturated rings. The normalized spacial score (nSPS) is 12.6. The number of fused-ring (bicyclic) bond motifs is 1. The molecule has 4 rings (SSSR count). The average Bonchev–Trinajstić information content (AvgIpc) is 3.04. The van der Waals surface area contributed by atoms with Gasteiger partial charge in [0.1, 0.15) is 6.04 Å². The number of thioether (sulfide) groups is 1. The molecule has 3 N–H and O–H groups in total. The molecule has 0 saturated carbocycles. The standard InChI is InChI=1S/C39H47N3O4S/c1-28(2)22-34(40-37(43)24-31-18-16-30(17-19-31)23-29-10-5-4-6-11-29)26-42(27-38(44)41-36(39(45)46)20-21-47-3)25-33-14-9-13-32-12-7-8-15-35(32)33/h4-19,28,34,36H,20-27H2,1-3H3,(H,40,43)(H,41,44)(H,45,46)/t34-,36-/m0/s1. The SMILES string of the molecule is CSCC[C@H](NC(=O)CN(Cc1cccc2ccccc12)C[C@H](CC(C)C)NC(=O)Cc1ccc(Cc2ccccc2)cc1)C(=O)O. The second-order valence-electron chi connectivity index (χ2n) is 12.6. The Labute approximate surface area is 283 Å². The van der Waals surface area contributed by atoms with Crippen LogP contribution in [0.15, 0.2) is 97.1 Å². The Morgan fingerprint density at radius 1 is 0.787 bits per heavy atom. The van der Waals surface area contributed by atoms with Crippen LogP contribution in [0.1, 0.15) is 48.9 Å². The Kier molecular flexibility index (Phi) is 13.9. The number of nitrogens with one attached hydrogen (secondary N) is 2. The number of aliphatic carboxylic acids is 1. The first-order valence-electron chi connectivity index (χ1n) is 16.3. The van der Waals surface area contributed by atoms with Crippen molar-refractivity contribution in [3.63, 3.8) is 0 Å². The maximum absolute atomic E-state index is 13.4. The van der Waals surface area contributed by atoms with E-state index in [-0.39, 0.29) is 30.8 Å². The third-order valence-electron chi connectivity index (χ3n) is 8.12. The summed E-state index contributed by atoms with van der Waals surface area (Å²) in [7, 11) is 0. The van der Waals surface area contributed by atoms with Crippen LogP contribution in [0.25, 0.3) is 10.8 Å². The molecule has 0 aliphatic carbocycles. The summed E-state index contributed by atoms with van der Waals surface area (Å²) in [6.45, 7) is 5.18. The Morgan fingerprint density at radius 2 is 1.45 bits per heavy atom. The summed E-state index contributed by atoms with van der Waals surface area (Å²) in [5.41, 5.74) is 4.45. The molecule has 248 valence electrons. The number of nitrogens with zero attached hydrogens (tertiary/aromatic N) is 1. The van der Waals surface area contributed by atoms with Gasteiger partial charge in [-0.1, -0.05) is 111 Å². The lowest BCUT2D eigenvalue weighted by Gasteiger charge is -2.29. The molecule has 4 aromatic carbocycles. The lowest BCUT2D eigenvalue weighted by molar-refractivity contribution is -0.142. The number of carboxylic acids is 1. The number of carbonyl (C=O) groups is 3. The molecule has 0 aliphatic heterocycles. The molecule has 47 heavy (non-hydrogen) atoms. The van der Waals surface area contributed by atoms with Crippen LogP contribution in [0.3, 0.4) is 0 Å². The van der Waals surface area contributed by atoms with Gasteiger partial charge in [0.2, 0.25) is 11.8 Å². The first kappa shape index (κ1) is 35.7. The fraction of sp³-hybridized carbons (Fsp3) is 0.359. The van der Waals surface area contributed by atoms with Gasteiger partial charge in [-0.2, -0.15) is 11.8 Å². The van der Waals surface area contributed by atoms with Crippen molar-refractivity contribution in [3.05, 3.63) is 119 Å². The average molecular weight is 654 g/mol. The number of benzene rings is 4. The summed E-state index contributed by atoms with van der Waals surface area (Å²) in [6, 6.07) is 31.6. The minimum Gasteiger partial charge on any atom is -0.480 e. The number of carbonyl (C=O) groups excluding carboxylic acids is 2. The number of carboxylic acid groups (broad SMARTS) is 1. The molecule has 0 bridgehead atoms. The maximum Gasteiger partial charge on any atom is 0.326 e. The molecule has 7 nitrogen and oxygen atoms in total. The predicted octanol–water partition coefficient (Wildman–Crippen LogP) is 6.33. The van der Waals surface area contributed by atoms with Crippen molar-refractivity contribution in [2.24, 2.45) is 5.92 Å². The Morgan fingerprint density at radius 3 is 2.15 bits per heavy atom. The van der Waals surface area contributed by atoms with Crippen molar-refractivity contribution in [2.45, 2.75) is 58.2 Å². The van der Waals surface area contributed by atoms with Crippen molar-refractivity contribution in [1.82, 2.24) is 15.5 Å². The monoisotopic (exact) mass is 653 g/mol. The summed E-state index contributed by atoms with van der Waals surface area (Å²) in [4.78, 5) is 40.5. The van der Waals surface area contributed by atoms with E-state index in [0.29, 0.717) is 31.2 Å². The van der Waals surface area contributed by atoms with Crippen molar-refractivity contribution in [2.75, 3.05) is 25.1 Å². The van der Waals surface area contributed by atoms with Crippen molar-refractivity contribution in [3.8, 4) is 0 Å². The van der Waals surface area contributed by atoms with Crippen LogP contribution in [0.4, 0.5) is 0 Å². The van der Waals surface area contributed by atoms with Crippen LogP contribution in [0, 0.1) is 5.92 Å². The largest absolute Gasteiger partial charge is 0.480 e. The van der Waals surface area contributed by atoms with E-state index in [1.807, 2.05) is 59.7 Å². The minimum atomic E-state index is -1.04. The topological polar surface area (TPSA) is 98.7 Å². The minimum absolute atomic E-state index is 0.0135. The number of amides is 2. The van der Waals surface area contributed by atoms with Crippen molar-refractivity contribution in [1.29, 1.82) is 0 Å². The molecule has 4 aromatic rings. The van der Waals surface area contributed by atoms with Crippen molar-refractivity contribution < 1.29 is 19.5 Å². The highest BCUT2D eigenvalue weighted by atomic mass is 32.2. The highest BCUT2D eigenvalue weighted by Crippen LogP contribution is 2.21. The van der Waals surface area contributed by atoms with Crippen LogP contribution in [-0.4, -0.2) is 65.0 Å². The third kappa shape index (κ3) is 11.9. The number of rotatable bonds is 18. The van der Waals surface area contributed by atoms with Gasteiger partial charge < -0.3 is 15.7 Å². The molecule has 0 spiro atoms. The lowest BCUT2D eigenvalue weighted by Crippen LogP contribution is -2.49. The molecule has 8 heteroatoms. The molecule has 0 aliphatic rings. The molecule has 0 aromatic heterocycles. The molecule has 2 amide bonds. The van der Waals surface area contributed by atoms with Gasteiger partial charge in [-0.05, 0) is 70.2 Å². The summed E-state index contributed by atoms with van der Waals surface area (Å²) >= 11 is 1.55. The van der Waals surface area contributed by atoms with E-state index >= 15 is 0 Å². The number of hydrogen-bond donors (Lipinski definition) is 3. The zero-order valence-corrected chi connectivity index (χ0v) is 28.5. The molecule has 0 saturated heterocycles. The first-order chi connectivity index (χ1) is 22.7. The second kappa shape index (κ2) is 18.3. The molecule has 0 heterocycles. The van der Waals surface area contributed by atoms with Crippen LogP contribution in [0.5, 0.6) is 0 Å². The molecular formula is C39H47N3O4S. The Balaban J connectivity index is 1.47. The highest BCUT2D eigenvalue weighted by Gasteiger charge is 2.24. The van der Waals surface area contributed by atoms with Gasteiger partial charge in [0.05, 0.1) is 13.0 Å². The van der Waals surface area contributed by atoms with Gasteiger partial charge >= 0.3 is 5.97 Å². The zero-order valence-electron chi connectivity index (χ0n) is 27.7. The van der Waals surface area contributed by atoms with Gasteiger partial charge in [-0.15, -0.1) is 0 Å². The van der Waals surface area contributed by atoms with Gasteiger partial charge in [0.15, 0.2) is 0 Å². The molecule has 0 radical (unpaired) electrons. The molecule has 0 unspecified atom stereocenters. The van der Waals surface area contributed by atoms with Gasteiger partial charge in [-0.3, -0.25) is 14.5 Å². The van der Waals surface area contributed by atoms with E-state index in [4.69, 9.17) is 0 Å². The van der Waals surface area contributed by atoms with Crippen LogP contribution < -0.4 is 10.6 Å². The fourth-order valence-corrected chi connectivity index (χ4v) is 6.39. The zero-order chi connectivity index (χ0) is 33.6. The van der Waals surface area contributed by atoms with Crippen LogP contribution in [0.2, 0.25) is 0 Å². The van der Waals surface area contributed by atoms with E-state index in [1.54, 1.807) is 11.8 Å². The lowest BCUT2D eigenvalue weighted by atomic mass is 10.0. The highest BCUT2D eigenvalue weighted by molar-refractivity contribution is 7.98. The first-order valence-corrected chi connectivity index (χ1v) is 17.7. The van der Waals surface area contributed by atoms with E-state index in [2.05, 4.69) is 73.0 Å². The van der Waals surface area contributed by atoms with Gasteiger partial charge in [0.25, 0.3) is 0 Å². The summed E-state index contributed by atoms with van der Waals surface area (Å²) in [6.07, 6.45) is 4.11. The summed E-state index contributed by atoms with van der Waals surface area (Å²) in [5, 5.41) is 17.9. The van der Waals surface area contributed by atoms with Gasteiger partial charge in [0, 0.05) is 19.1 Å². The fourth-order valence-electron chi connectivity index (χ4n) is 5.92. The summed E-state index contributed by atoms with van der Waals surface area (Å²) in [5.74, 6) is -0.498. The number of hydrogen-bond acceptors (Lipinski definition) is 5. The predicted molar refractivity (Wildman–Crippen MR) is 193 cm³/mol. The quantitative estimate of drug-likeness (QED) is 0.116. The third-order valence-corrected chi connectivity index (χ3v) is 8.77. The van der Waals surface area contributed by atoms with E-state index in [9.17, 15) is 19.5 Å². The van der Waals surface area contributed by atoms with Gasteiger partial charge in [-0.25, -0.2) is 4.79 Å². The van der Waals surface area contributed by atoms with E-state index in [1.165, 1.54) is 11.1 Å². The van der Waals surface area contributed by atoms with E-state index < -0.39 is 12.0 Å². The second-order valence-corrected chi connectivity index (χ2v) is 13.6. The molecule has 2 atom stereocenters. The van der Waals surface area contributed by atoms with E-state index in [0.717, 1.165) is 34.7 Å². The summed E-state index contributed by atoms with van der Waals surface area (Å²) < 4.78 is 0. The Hall–Kier alpha value is -4.14. The Bertz CT molecular complexity index is 1590. The van der Waals surface area contributed by atoms with Crippen molar-refractivity contribution >= 4 is 40.3 Å². The van der Waals surface area contributed by atoms with Crippen LogP contribution >= 0.6 is 11.8 Å².